The van der Waals surface area contributed by atoms with Gasteiger partial charge in [-0.05, 0) is 39.5 Å². The van der Waals surface area contributed by atoms with E-state index in [4.69, 9.17) is 9.47 Å². The first kappa shape index (κ1) is 19.4. The third kappa shape index (κ3) is 5.12. The summed E-state index contributed by atoms with van der Waals surface area (Å²) in [5.41, 5.74) is 4.13. The molecule has 0 saturated heterocycles. The second kappa shape index (κ2) is 9.07. The van der Waals surface area contributed by atoms with Crippen molar-refractivity contribution in [3.63, 3.8) is 0 Å². The van der Waals surface area contributed by atoms with Crippen LogP contribution in [0.15, 0.2) is 83.6 Å². The van der Waals surface area contributed by atoms with Crippen LogP contribution in [0.2, 0.25) is 0 Å². The third-order valence-electron chi connectivity index (χ3n) is 6.02. The van der Waals surface area contributed by atoms with E-state index in [9.17, 15) is 0 Å². The summed E-state index contributed by atoms with van der Waals surface area (Å²) in [4.78, 5) is 0. The van der Waals surface area contributed by atoms with Gasteiger partial charge >= 0.3 is 0 Å². The van der Waals surface area contributed by atoms with E-state index in [0.29, 0.717) is 5.92 Å². The van der Waals surface area contributed by atoms with Gasteiger partial charge in [0.05, 0.1) is 24.4 Å². The molecule has 4 rings (SSSR count). The van der Waals surface area contributed by atoms with E-state index >= 15 is 0 Å². The highest BCUT2D eigenvalue weighted by molar-refractivity contribution is 5.27. The normalized spacial score (nSPS) is 34.8. The maximum atomic E-state index is 6.51. The Labute approximate surface area is 169 Å². The predicted octanol–water partition coefficient (Wildman–Crippen LogP) is 6.16. The minimum Gasteiger partial charge on any atom is -0.370 e. The van der Waals surface area contributed by atoms with Crippen molar-refractivity contribution in [2.75, 3.05) is 0 Å². The van der Waals surface area contributed by atoms with Crippen molar-refractivity contribution in [1.82, 2.24) is 0 Å². The molecule has 0 aromatic carbocycles. The van der Waals surface area contributed by atoms with Crippen LogP contribution in [0.3, 0.4) is 0 Å². The number of ether oxygens (including phenoxy) is 2. The van der Waals surface area contributed by atoms with Crippen LogP contribution in [0, 0.1) is 5.92 Å². The zero-order valence-electron chi connectivity index (χ0n) is 17.1. The largest absolute Gasteiger partial charge is 0.370 e. The second-order valence-corrected chi connectivity index (χ2v) is 8.43. The van der Waals surface area contributed by atoms with Crippen molar-refractivity contribution >= 4 is 0 Å². The third-order valence-corrected chi connectivity index (χ3v) is 6.02. The summed E-state index contributed by atoms with van der Waals surface area (Å²) in [5.74, 6) is 0.482. The fraction of sp³-hybridized carbons (Fsp3) is 0.462. The van der Waals surface area contributed by atoms with Crippen LogP contribution >= 0.6 is 0 Å². The first-order valence-corrected chi connectivity index (χ1v) is 10.7. The summed E-state index contributed by atoms with van der Waals surface area (Å²) in [7, 11) is 0. The summed E-state index contributed by atoms with van der Waals surface area (Å²) in [6, 6.07) is 0. The van der Waals surface area contributed by atoms with E-state index < -0.39 is 0 Å². The van der Waals surface area contributed by atoms with Crippen molar-refractivity contribution in [1.29, 1.82) is 0 Å². The Morgan fingerprint density at radius 1 is 0.786 bits per heavy atom. The minimum atomic E-state index is 0.124. The lowest BCUT2D eigenvalue weighted by Crippen LogP contribution is -2.33. The quantitative estimate of drug-likeness (QED) is 0.535. The van der Waals surface area contributed by atoms with Crippen LogP contribution in [-0.2, 0) is 9.47 Å². The molecular formula is C26H32O2. The molecule has 0 aromatic rings. The molecule has 0 aliphatic heterocycles. The Hall–Kier alpha value is -1.90. The number of hydrogen-bond donors (Lipinski definition) is 0. The molecule has 0 aromatic heterocycles. The van der Waals surface area contributed by atoms with Crippen molar-refractivity contribution < 1.29 is 9.47 Å². The maximum Gasteiger partial charge on any atom is 0.0801 e. The summed E-state index contributed by atoms with van der Waals surface area (Å²) >= 11 is 0. The van der Waals surface area contributed by atoms with Gasteiger partial charge in [-0.3, -0.25) is 0 Å². The molecule has 4 aliphatic rings. The molecule has 148 valence electrons. The second-order valence-electron chi connectivity index (χ2n) is 8.43. The zero-order chi connectivity index (χ0) is 19.3. The van der Waals surface area contributed by atoms with E-state index in [-0.39, 0.29) is 24.4 Å². The Kier molecular flexibility index (Phi) is 6.29. The average Bonchev–Trinajstić information content (AvgIpc) is 2.72. The van der Waals surface area contributed by atoms with Gasteiger partial charge < -0.3 is 9.47 Å². The average molecular weight is 377 g/mol. The molecule has 0 radical (unpaired) electrons. The highest BCUT2D eigenvalue weighted by atomic mass is 16.5. The van der Waals surface area contributed by atoms with Crippen molar-refractivity contribution in [2.24, 2.45) is 5.92 Å². The van der Waals surface area contributed by atoms with Gasteiger partial charge in [-0.2, -0.15) is 0 Å². The molecule has 0 fully saturated rings. The van der Waals surface area contributed by atoms with Gasteiger partial charge in [0.1, 0.15) is 0 Å². The smallest absolute Gasteiger partial charge is 0.0801 e. The van der Waals surface area contributed by atoms with Gasteiger partial charge in [0.25, 0.3) is 0 Å². The molecule has 5 unspecified atom stereocenters. The summed E-state index contributed by atoms with van der Waals surface area (Å²) in [6.45, 7) is 4.29. The van der Waals surface area contributed by atoms with Crippen LogP contribution in [-0.4, -0.2) is 24.4 Å². The lowest BCUT2D eigenvalue weighted by molar-refractivity contribution is -0.0417. The topological polar surface area (TPSA) is 18.5 Å². The first-order chi connectivity index (χ1) is 13.7. The molecule has 2 heteroatoms. The van der Waals surface area contributed by atoms with E-state index in [1.54, 1.807) is 0 Å². The lowest BCUT2D eigenvalue weighted by atomic mass is 9.83. The molecular weight excluding hydrogens is 344 g/mol. The maximum absolute atomic E-state index is 6.51. The molecule has 0 amide bonds. The monoisotopic (exact) mass is 376 g/mol. The van der Waals surface area contributed by atoms with E-state index in [2.05, 4.69) is 80.7 Å². The Bertz CT molecular complexity index is 774. The molecule has 0 heterocycles. The highest BCUT2D eigenvalue weighted by Crippen LogP contribution is 2.34. The van der Waals surface area contributed by atoms with Crippen LogP contribution in [0.1, 0.15) is 46.0 Å². The predicted molar refractivity (Wildman–Crippen MR) is 116 cm³/mol. The molecule has 0 spiro atoms. The number of rotatable bonds is 5. The van der Waals surface area contributed by atoms with Gasteiger partial charge in [-0.15, -0.1) is 0 Å². The van der Waals surface area contributed by atoms with E-state index in [1.165, 1.54) is 16.7 Å². The Morgan fingerprint density at radius 2 is 1.50 bits per heavy atom. The molecule has 0 N–H and O–H groups in total. The lowest BCUT2D eigenvalue weighted by Gasteiger charge is -2.35. The SMILES string of the molecule is CC1=CCC(OC2C=C(C3C=CC=CC3)CC(OC3C=CC(C)=CC3)C2)C=C1. The van der Waals surface area contributed by atoms with Crippen LogP contribution in [0.4, 0.5) is 0 Å². The summed E-state index contributed by atoms with van der Waals surface area (Å²) in [5, 5.41) is 0. The Morgan fingerprint density at radius 3 is 2.11 bits per heavy atom. The van der Waals surface area contributed by atoms with Gasteiger partial charge in [-0.25, -0.2) is 0 Å². The zero-order valence-corrected chi connectivity index (χ0v) is 17.1. The van der Waals surface area contributed by atoms with Crippen molar-refractivity contribution in [2.45, 2.75) is 70.4 Å². The minimum absolute atomic E-state index is 0.124. The van der Waals surface area contributed by atoms with Crippen LogP contribution < -0.4 is 0 Å². The first-order valence-electron chi connectivity index (χ1n) is 10.7. The fourth-order valence-corrected chi connectivity index (χ4v) is 4.40. The van der Waals surface area contributed by atoms with Gasteiger partial charge in [0, 0.05) is 12.3 Å². The number of allylic oxidation sites excluding steroid dienone is 8. The standard InChI is InChI=1S/C26H32O2/c1-19-8-12-23(13-9-19)27-25-16-22(21-6-4-3-5-7-21)17-26(18-25)28-24-14-10-20(2)11-15-24/h3-6,8-12,14,16,21,23-26H,7,13,15,17-18H2,1-2H3. The molecule has 28 heavy (non-hydrogen) atoms. The van der Waals surface area contributed by atoms with Gasteiger partial charge in [-0.1, -0.05) is 83.6 Å². The van der Waals surface area contributed by atoms with Crippen molar-refractivity contribution in [3.8, 4) is 0 Å². The van der Waals surface area contributed by atoms with Gasteiger partial charge in [0.2, 0.25) is 0 Å². The Balaban J connectivity index is 1.44. The van der Waals surface area contributed by atoms with E-state index in [1.807, 2.05) is 0 Å². The number of hydrogen-bond acceptors (Lipinski definition) is 2. The highest BCUT2D eigenvalue weighted by Gasteiger charge is 2.29. The van der Waals surface area contributed by atoms with E-state index in [0.717, 1.165) is 32.1 Å². The molecule has 2 nitrogen and oxygen atoms in total. The molecule has 0 bridgehead atoms. The van der Waals surface area contributed by atoms with Gasteiger partial charge in [0.15, 0.2) is 0 Å². The van der Waals surface area contributed by atoms with Crippen LogP contribution in [0.5, 0.6) is 0 Å². The molecule has 0 saturated carbocycles. The summed E-state index contributed by atoms with van der Waals surface area (Å²) in [6.07, 6.45) is 30.3. The fourth-order valence-electron chi connectivity index (χ4n) is 4.40. The van der Waals surface area contributed by atoms with Crippen LogP contribution in [0.25, 0.3) is 0 Å². The molecule has 4 aliphatic carbocycles. The summed E-state index contributed by atoms with van der Waals surface area (Å²) < 4.78 is 13.0. The molecule has 5 atom stereocenters. The van der Waals surface area contributed by atoms with Crippen molar-refractivity contribution in [3.05, 3.63) is 83.6 Å².